The quantitative estimate of drug-likeness (QED) is 0.141. The molecule has 1 saturated heterocycles. The van der Waals surface area contributed by atoms with Crippen LogP contribution in [0.3, 0.4) is 0 Å². The van der Waals surface area contributed by atoms with Gasteiger partial charge < -0.3 is 38.4 Å². The summed E-state index contributed by atoms with van der Waals surface area (Å²) in [7, 11) is -5.86. The minimum absolute atomic E-state index is 0.0728. The fourth-order valence-corrected chi connectivity index (χ4v) is 10.0. The van der Waals surface area contributed by atoms with Gasteiger partial charge in [0.05, 0.1) is 54.7 Å². The molecule has 290 valence electrons. The van der Waals surface area contributed by atoms with Crippen molar-refractivity contribution in [3.05, 3.63) is 30.3 Å². The lowest BCUT2D eigenvalue weighted by molar-refractivity contribution is -0.358. The summed E-state index contributed by atoms with van der Waals surface area (Å²) in [6.07, 6.45) is -6.88. The van der Waals surface area contributed by atoms with E-state index in [2.05, 4.69) is 67.7 Å². The summed E-state index contributed by atoms with van der Waals surface area (Å²) >= 11 is 0. The number of ether oxygens (including phenoxy) is 3. The number of carbonyl (C=O) groups is 1. The van der Waals surface area contributed by atoms with Gasteiger partial charge in [0.2, 0.25) is 0 Å². The normalized spacial score (nSPS) is 26.6. The molecule has 9 atom stereocenters. The molecule has 2 rings (SSSR count). The van der Waals surface area contributed by atoms with E-state index in [-0.39, 0.29) is 45.9 Å². The SMILES string of the molecule is COC(=O)C[C@H]1O[C@@](O)([C@H](O)[C@H](O)C[C@H](OC)[C@H](CCS(=O)(=O)c2ccccc2)O[Si](C)(C)C(C)(C)C)[C@H](C)[C@@H](O[Si](C)(C)C(C)(C)C)[C@H]1C. The number of esters is 1. The number of hydrogen-bond acceptors (Lipinski definition) is 11. The van der Waals surface area contributed by atoms with Crippen molar-refractivity contribution < 1.29 is 51.6 Å². The Bertz CT molecular complexity index is 1340. The molecule has 1 aliphatic heterocycles. The topological polar surface area (TPSA) is 158 Å². The predicted octanol–water partition coefficient (Wildman–Crippen LogP) is 5.68. The molecule has 1 aliphatic rings. The van der Waals surface area contributed by atoms with Crippen molar-refractivity contribution >= 4 is 32.4 Å². The first-order chi connectivity index (χ1) is 22.6. The summed E-state index contributed by atoms with van der Waals surface area (Å²) in [5.41, 5.74) is 0. The van der Waals surface area contributed by atoms with E-state index in [4.69, 9.17) is 23.1 Å². The highest BCUT2D eigenvalue weighted by Crippen LogP contribution is 2.46. The molecule has 11 nitrogen and oxygen atoms in total. The second kappa shape index (κ2) is 16.9. The number of benzene rings is 1. The van der Waals surface area contributed by atoms with E-state index < -0.39 is 80.8 Å². The summed E-state index contributed by atoms with van der Waals surface area (Å²) in [6, 6.07) is 8.19. The van der Waals surface area contributed by atoms with Gasteiger partial charge in [-0.05, 0) is 54.8 Å². The number of hydrogen-bond donors (Lipinski definition) is 3. The molecule has 3 N–H and O–H groups in total. The van der Waals surface area contributed by atoms with Gasteiger partial charge in [-0.15, -0.1) is 0 Å². The van der Waals surface area contributed by atoms with E-state index in [0.717, 1.165) is 0 Å². The molecule has 0 aromatic heterocycles. The number of rotatable bonds is 16. The third-order valence-corrected chi connectivity index (χ3v) is 22.2. The Morgan fingerprint density at radius 2 is 1.48 bits per heavy atom. The molecule has 1 aromatic carbocycles. The Labute approximate surface area is 303 Å². The second-order valence-electron chi connectivity index (χ2n) is 17.0. The lowest BCUT2D eigenvalue weighted by Gasteiger charge is -2.54. The highest BCUT2D eigenvalue weighted by Gasteiger charge is 2.58. The molecule has 0 radical (unpaired) electrons. The Morgan fingerprint density at radius 1 is 0.940 bits per heavy atom. The largest absolute Gasteiger partial charge is 0.469 e. The molecule has 0 unspecified atom stereocenters. The van der Waals surface area contributed by atoms with Crippen LogP contribution in [0, 0.1) is 11.8 Å². The van der Waals surface area contributed by atoms with Gasteiger partial charge in [-0.3, -0.25) is 4.79 Å². The molecule has 1 fully saturated rings. The van der Waals surface area contributed by atoms with Gasteiger partial charge in [0.25, 0.3) is 0 Å². The molecule has 0 bridgehead atoms. The zero-order valence-electron chi connectivity index (χ0n) is 32.8. The highest BCUT2D eigenvalue weighted by molar-refractivity contribution is 7.91. The van der Waals surface area contributed by atoms with Crippen molar-refractivity contribution in [1.29, 1.82) is 0 Å². The van der Waals surface area contributed by atoms with E-state index in [1.807, 2.05) is 6.92 Å². The molecule has 1 aromatic rings. The predicted molar refractivity (Wildman–Crippen MR) is 199 cm³/mol. The summed E-state index contributed by atoms with van der Waals surface area (Å²) < 4.78 is 57.1. The van der Waals surface area contributed by atoms with E-state index >= 15 is 0 Å². The van der Waals surface area contributed by atoms with Gasteiger partial charge in [-0.1, -0.05) is 73.6 Å². The van der Waals surface area contributed by atoms with Gasteiger partial charge in [-0.25, -0.2) is 8.42 Å². The fraction of sp³-hybridized carbons (Fsp3) is 0.806. The number of aliphatic hydroxyl groups excluding tert-OH is 2. The van der Waals surface area contributed by atoms with Crippen LogP contribution in [-0.2, 0) is 37.7 Å². The van der Waals surface area contributed by atoms with Gasteiger partial charge in [0, 0.05) is 25.4 Å². The maximum Gasteiger partial charge on any atom is 0.308 e. The van der Waals surface area contributed by atoms with Crippen molar-refractivity contribution in [2.45, 2.75) is 158 Å². The minimum Gasteiger partial charge on any atom is -0.469 e. The van der Waals surface area contributed by atoms with Crippen LogP contribution in [0.15, 0.2) is 35.2 Å². The van der Waals surface area contributed by atoms with Crippen molar-refractivity contribution in [2.75, 3.05) is 20.0 Å². The van der Waals surface area contributed by atoms with Crippen molar-refractivity contribution in [3.63, 3.8) is 0 Å². The average molecular weight is 763 g/mol. The zero-order valence-corrected chi connectivity index (χ0v) is 35.7. The zero-order chi connectivity index (χ0) is 38.7. The van der Waals surface area contributed by atoms with E-state index in [1.54, 1.807) is 37.3 Å². The lowest BCUT2D eigenvalue weighted by Crippen LogP contribution is -2.67. The number of sulfone groups is 1. The van der Waals surface area contributed by atoms with Gasteiger partial charge >= 0.3 is 5.97 Å². The van der Waals surface area contributed by atoms with E-state index in [0.29, 0.717) is 0 Å². The van der Waals surface area contributed by atoms with Gasteiger partial charge in [0.15, 0.2) is 32.3 Å². The van der Waals surface area contributed by atoms with Crippen LogP contribution in [0.5, 0.6) is 0 Å². The van der Waals surface area contributed by atoms with Crippen molar-refractivity contribution in [2.24, 2.45) is 11.8 Å². The van der Waals surface area contributed by atoms with Crippen LogP contribution in [0.1, 0.15) is 74.7 Å². The molecule has 1 heterocycles. The molecule has 0 amide bonds. The number of aliphatic hydroxyl groups is 3. The molecule has 0 aliphatic carbocycles. The first-order valence-electron chi connectivity index (χ1n) is 17.6. The first-order valence-corrected chi connectivity index (χ1v) is 25.1. The third-order valence-electron chi connectivity index (χ3n) is 11.4. The molecular weight excluding hydrogens is 697 g/mol. The molecule has 0 spiro atoms. The van der Waals surface area contributed by atoms with Crippen LogP contribution in [0.4, 0.5) is 0 Å². The molecular formula is C36H66O11SSi2. The summed E-state index contributed by atoms with van der Waals surface area (Å²) in [4.78, 5) is 12.6. The Hall–Kier alpha value is -1.21. The monoisotopic (exact) mass is 762 g/mol. The van der Waals surface area contributed by atoms with Crippen LogP contribution >= 0.6 is 0 Å². The minimum atomic E-state index is -3.66. The molecule has 50 heavy (non-hydrogen) atoms. The molecule has 0 saturated carbocycles. The second-order valence-corrected chi connectivity index (χ2v) is 28.7. The fourth-order valence-electron chi connectivity index (χ4n) is 5.84. The smallest absolute Gasteiger partial charge is 0.308 e. The van der Waals surface area contributed by atoms with Crippen LogP contribution in [-0.4, -0.2) is 109 Å². The lowest BCUT2D eigenvalue weighted by atomic mass is 9.76. The Kier molecular flexibility index (Phi) is 15.2. The maximum atomic E-state index is 13.3. The first kappa shape index (κ1) is 45.0. The summed E-state index contributed by atoms with van der Waals surface area (Å²) in [5.74, 6) is -4.26. The van der Waals surface area contributed by atoms with Crippen molar-refractivity contribution in [3.8, 4) is 0 Å². The Balaban J connectivity index is 2.47. The summed E-state index contributed by atoms with van der Waals surface area (Å²) in [5, 5.41) is 35.2. The standard InChI is InChI=1S/C36H66O11SSi2/c1-24-29(23-31(38)44-10)45-36(40,25(2)32(24)47-50(13,14)35(6,7)8)33(39)27(37)22-30(43-9)28(46-49(11,12)34(3,4)5)20-21-48(41,42)26-18-16-15-17-19-26/h15-19,24-25,27-30,32-33,37,39-40H,20-23H2,1-14H3/t24-,25+,27+,28-,29+,30-,32-,33+,36+/m0/s1. The van der Waals surface area contributed by atoms with Gasteiger partial charge in [0.1, 0.15) is 6.10 Å². The van der Waals surface area contributed by atoms with E-state index in [1.165, 1.54) is 14.2 Å². The molecule has 14 heteroatoms. The average Bonchev–Trinajstić information content (AvgIpc) is 3.01. The van der Waals surface area contributed by atoms with Gasteiger partial charge in [-0.2, -0.15) is 0 Å². The van der Waals surface area contributed by atoms with E-state index in [9.17, 15) is 28.5 Å². The van der Waals surface area contributed by atoms with Crippen LogP contribution in [0.2, 0.25) is 36.3 Å². The Morgan fingerprint density at radius 3 is 1.96 bits per heavy atom. The van der Waals surface area contributed by atoms with Crippen molar-refractivity contribution in [1.82, 2.24) is 0 Å². The maximum absolute atomic E-state index is 13.3. The van der Waals surface area contributed by atoms with Crippen LogP contribution < -0.4 is 0 Å². The highest BCUT2D eigenvalue weighted by atomic mass is 32.2. The van der Waals surface area contributed by atoms with Crippen LogP contribution in [0.25, 0.3) is 0 Å². The third kappa shape index (κ3) is 10.7. The number of methoxy groups -OCH3 is 2. The summed E-state index contributed by atoms with van der Waals surface area (Å²) in [6.45, 7) is 24.4. The number of carbonyl (C=O) groups excluding carboxylic acids is 1.